The van der Waals surface area contributed by atoms with Crippen molar-refractivity contribution in [1.82, 2.24) is 14.6 Å². The zero-order valence-electron chi connectivity index (χ0n) is 16.7. The number of aromatic nitrogens is 1. The Bertz CT molecular complexity index is 986. The van der Waals surface area contributed by atoms with Gasteiger partial charge in [-0.3, -0.25) is 9.78 Å². The van der Waals surface area contributed by atoms with Crippen molar-refractivity contribution in [2.24, 2.45) is 0 Å². The second-order valence-electron chi connectivity index (χ2n) is 7.34. The number of benzene rings is 1. The average molecular weight is 480 g/mol. The highest BCUT2D eigenvalue weighted by atomic mass is 79.9. The second kappa shape index (κ2) is 9.36. The van der Waals surface area contributed by atoms with Crippen molar-refractivity contribution in [3.8, 4) is 11.3 Å². The van der Waals surface area contributed by atoms with Crippen molar-refractivity contribution in [2.45, 2.75) is 39.2 Å². The van der Waals surface area contributed by atoms with Gasteiger partial charge in [0.15, 0.2) is 0 Å². The Morgan fingerprint density at radius 1 is 1.24 bits per heavy atom. The van der Waals surface area contributed by atoms with E-state index in [1.165, 1.54) is 0 Å². The fourth-order valence-electron chi connectivity index (χ4n) is 3.55. The molecule has 1 aromatic heterocycles. The van der Waals surface area contributed by atoms with Gasteiger partial charge in [0.1, 0.15) is 0 Å². The van der Waals surface area contributed by atoms with Crippen LogP contribution in [0.2, 0.25) is 0 Å². The second-order valence-corrected chi connectivity index (χ2v) is 10.1. The number of carbonyl (C=O) groups is 1. The number of nitrogens with one attached hydrogen (secondary N) is 1. The quantitative estimate of drug-likeness (QED) is 0.683. The summed E-state index contributed by atoms with van der Waals surface area (Å²) in [5.74, 6) is 0.0899. The molecular weight excluding hydrogens is 454 g/mol. The van der Waals surface area contributed by atoms with E-state index in [1.54, 1.807) is 4.90 Å². The molecule has 1 aromatic carbocycles. The smallest absolute Gasteiger partial charge is 0.255 e. The lowest BCUT2D eigenvalue weighted by Crippen LogP contribution is -2.47. The molecule has 1 aliphatic heterocycles. The van der Waals surface area contributed by atoms with Crippen molar-refractivity contribution in [2.75, 3.05) is 18.8 Å². The third-order valence-corrected chi connectivity index (χ3v) is 7.17. The summed E-state index contributed by atoms with van der Waals surface area (Å²) in [4.78, 5) is 19.4. The molecule has 0 atom stereocenters. The number of likely N-dealkylation sites (tertiary alicyclic amines) is 1. The van der Waals surface area contributed by atoms with Crippen LogP contribution in [0.1, 0.15) is 42.2 Å². The molecule has 156 valence electrons. The molecule has 0 aliphatic carbocycles. The predicted octanol–water partition coefficient (Wildman–Crippen LogP) is 3.75. The predicted molar refractivity (Wildman–Crippen MR) is 118 cm³/mol. The first-order chi connectivity index (χ1) is 13.8. The minimum Gasteiger partial charge on any atom is -0.338 e. The highest BCUT2D eigenvalue weighted by Crippen LogP contribution is 2.23. The van der Waals surface area contributed by atoms with E-state index >= 15 is 0 Å². The molecule has 1 amide bonds. The lowest BCUT2D eigenvalue weighted by molar-refractivity contribution is 0.0710. The molecule has 1 N–H and O–H groups in total. The number of pyridine rings is 1. The molecule has 2 heterocycles. The molecule has 3 rings (SSSR count). The number of nitrogens with zero attached hydrogens (tertiary/aromatic N) is 2. The highest BCUT2D eigenvalue weighted by molar-refractivity contribution is 9.10. The summed E-state index contributed by atoms with van der Waals surface area (Å²) >= 11 is 3.47. The number of aryl methyl sites for hydroxylation is 1. The monoisotopic (exact) mass is 479 g/mol. The summed E-state index contributed by atoms with van der Waals surface area (Å²) < 4.78 is 27.6. The van der Waals surface area contributed by atoms with Crippen LogP contribution in [0.25, 0.3) is 11.3 Å². The first-order valence-electron chi connectivity index (χ1n) is 9.82. The van der Waals surface area contributed by atoms with Crippen LogP contribution in [0.3, 0.4) is 0 Å². The zero-order chi connectivity index (χ0) is 21.0. The fraction of sp³-hybridized carbons (Fsp3) is 0.429. The van der Waals surface area contributed by atoms with Crippen molar-refractivity contribution < 1.29 is 13.2 Å². The van der Waals surface area contributed by atoms with E-state index in [2.05, 4.69) is 25.6 Å². The summed E-state index contributed by atoms with van der Waals surface area (Å²) in [6.07, 6.45) is 1.84. The molecule has 2 aromatic rings. The van der Waals surface area contributed by atoms with Crippen LogP contribution in [0.15, 0.2) is 40.9 Å². The van der Waals surface area contributed by atoms with Gasteiger partial charge in [-0.25, -0.2) is 13.1 Å². The van der Waals surface area contributed by atoms with Gasteiger partial charge in [-0.05, 0) is 50.5 Å². The molecule has 0 spiro atoms. The average Bonchev–Trinajstić information content (AvgIpc) is 2.67. The van der Waals surface area contributed by atoms with Crippen LogP contribution in [0.5, 0.6) is 0 Å². The molecular formula is C21H26BrN3O3S. The van der Waals surface area contributed by atoms with E-state index in [9.17, 15) is 13.2 Å². The Kier molecular flexibility index (Phi) is 7.08. The van der Waals surface area contributed by atoms with Crippen LogP contribution in [-0.2, 0) is 10.0 Å². The Morgan fingerprint density at radius 3 is 2.59 bits per heavy atom. The summed E-state index contributed by atoms with van der Waals surface area (Å²) in [6, 6.07) is 11.5. The maximum absolute atomic E-state index is 13.0. The molecule has 6 nitrogen and oxygen atoms in total. The topological polar surface area (TPSA) is 79.4 Å². The van der Waals surface area contributed by atoms with E-state index in [0.717, 1.165) is 15.7 Å². The third-order valence-electron chi connectivity index (χ3n) is 5.04. The Hall–Kier alpha value is -1.77. The van der Waals surface area contributed by atoms with Crippen LogP contribution in [0, 0.1) is 6.92 Å². The first kappa shape index (κ1) is 21.9. The van der Waals surface area contributed by atoms with E-state index in [1.807, 2.05) is 50.2 Å². The zero-order valence-corrected chi connectivity index (χ0v) is 19.1. The summed E-state index contributed by atoms with van der Waals surface area (Å²) in [5.41, 5.74) is 3.10. The lowest BCUT2D eigenvalue weighted by atomic mass is 10.0. The van der Waals surface area contributed by atoms with Crippen LogP contribution in [0.4, 0.5) is 0 Å². The van der Waals surface area contributed by atoms with Gasteiger partial charge in [0.05, 0.1) is 22.7 Å². The van der Waals surface area contributed by atoms with Crippen LogP contribution < -0.4 is 4.72 Å². The fourth-order valence-corrected chi connectivity index (χ4v) is 5.35. The number of rotatable bonds is 6. The van der Waals surface area contributed by atoms with E-state index in [4.69, 9.17) is 0 Å². The van der Waals surface area contributed by atoms with Gasteiger partial charge in [0.25, 0.3) is 5.91 Å². The minimum atomic E-state index is -3.23. The number of amides is 1. The van der Waals surface area contributed by atoms with Gasteiger partial charge in [-0.2, -0.15) is 0 Å². The van der Waals surface area contributed by atoms with Gasteiger partial charge in [0.2, 0.25) is 10.0 Å². The molecule has 0 bridgehead atoms. The number of sulfonamides is 1. The normalized spacial score (nSPS) is 15.5. The van der Waals surface area contributed by atoms with E-state index in [0.29, 0.717) is 43.6 Å². The number of carbonyl (C=O) groups excluding carboxylic acids is 1. The summed E-state index contributed by atoms with van der Waals surface area (Å²) in [5, 5.41) is 0. The molecule has 8 heteroatoms. The lowest BCUT2D eigenvalue weighted by Gasteiger charge is -2.32. The maximum atomic E-state index is 13.0. The van der Waals surface area contributed by atoms with Gasteiger partial charge in [-0.15, -0.1) is 0 Å². The molecule has 0 saturated carbocycles. The molecule has 1 saturated heterocycles. The Morgan fingerprint density at radius 2 is 1.97 bits per heavy atom. The summed E-state index contributed by atoms with van der Waals surface area (Å²) in [6.45, 7) is 4.76. The largest absolute Gasteiger partial charge is 0.338 e. The van der Waals surface area contributed by atoms with Crippen molar-refractivity contribution in [1.29, 1.82) is 0 Å². The van der Waals surface area contributed by atoms with E-state index < -0.39 is 10.0 Å². The number of halogens is 1. The highest BCUT2D eigenvalue weighted by Gasteiger charge is 2.27. The van der Waals surface area contributed by atoms with Crippen LogP contribution in [-0.4, -0.2) is 49.1 Å². The Balaban J connectivity index is 1.66. The molecule has 0 unspecified atom stereocenters. The van der Waals surface area contributed by atoms with Crippen molar-refractivity contribution in [3.05, 3.63) is 52.1 Å². The molecule has 29 heavy (non-hydrogen) atoms. The van der Waals surface area contributed by atoms with Gasteiger partial charge in [-0.1, -0.05) is 35.0 Å². The number of hydrogen-bond donors (Lipinski definition) is 1. The number of piperidine rings is 1. The summed E-state index contributed by atoms with van der Waals surface area (Å²) in [7, 11) is -3.23. The maximum Gasteiger partial charge on any atom is 0.255 e. The SMILES string of the molecule is CCCS(=O)(=O)NC1CCN(C(=O)c2ccc(-c3cccc(Br)c3)nc2C)CC1. The number of hydrogen-bond acceptors (Lipinski definition) is 4. The van der Waals surface area contributed by atoms with Gasteiger partial charge < -0.3 is 4.90 Å². The Labute approximate surface area is 180 Å². The molecule has 1 aliphatic rings. The molecule has 1 fully saturated rings. The van der Waals surface area contributed by atoms with E-state index in [-0.39, 0.29) is 17.7 Å². The minimum absolute atomic E-state index is 0.0503. The van der Waals surface area contributed by atoms with Gasteiger partial charge in [0, 0.05) is 29.2 Å². The standard InChI is InChI=1S/C21H26BrN3O3S/c1-3-13-29(27,28)24-18-9-11-25(12-10-18)21(26)19-7-8-20(23-15(19)2)16-5-4-6-17(22)14-16/h4-8,14,18,24H,3,9-13H2,1-2H3. The van der Waals surface area contributed by atoms with Gasteiger partial charge >= 0.3 is 0 Å². The van der Waals surface area contributed by atoms with Crippen molar-refractivity contribution in [3.63, 3.8) is 0 Å². The van der Waals surface area contributed by atoms with Crippen molar-refractivity contribution >= 4 is 31.9 Å². The van der Waals surface area contributed by atoms with Crippen LogP contribution >= 0.6 is 15.9 Å². The third kappa shape index (κ3) is 5.65. The first-order valence-corrected chi connectivity index (χ1v) is 12.3. The molecule has 0 radical (unpaired) electrons.